The van der Waals surface area contributed by atoms with Gasteiger partial charge in [0.05, 0.1) is 0 Å². The van der Waals surface area contributed by atoms with Gasteiger partial charge in [-0.05, 0) is 37.0 Å². The molecule has 1 aromatic heterocycles. The maximum absolute atomic E-state index is 13.3. The van der Waals surface area contributed by atoms with Gasteiger partial charge in [0.15, 0.2) is 5.16 Å². The number of nitrogens with zero attached hydrogens (tertiary/aromatic N) is 2. The molecule has 7 nitrogen and oxygen atoms in total. The van der Waals surface area contributed by atoms with Crippen molar-refractivity contribution in [1.82, 2.24) is 20.1 Å². The molecule has 3 rings (SSSR count). The summed E-state index contributed by atoms with van der Waals surface area (Å²) in [5.74, 6) is -0.528. The van der Waals surface area contributed by atoms with Crippen LogP contribution in [0.4, 0.5) is 4.39 Å². The number of H-pyrrole nitrogens is 1. The summed E-state index contributed by atoms with van der Waals surface area (Å²) in [6.07, 6.45) is 2.59. The molecule has 0 saturated heterocycles. The van der Waals surface area contributed by atoms with E-state index in [1.807, 2.05) is 0 Å². The molecule has 0 aliphatic heterocycles. The number of carbonyl (C=O) groups excluding carboxylic acids is 1. The minimum Gasteiger partial charge on any atom is -0.385 e. The van der Waals surface area contributed by atoms with Crippen LogP contribution in [0.5, 0.6) is 0 Å². The number of ether oxygens (including phenoxy) is 1. The quantitative estimate of drug-likeness (QED) is 0.512. The van der Waals surface area contributed by atoms with Gasteiger partial charge < -0.3 is 10.1 Å². The van der Waals surface area contributed by atoms with Gasteiger partial charge in [0.25, 0.3) is 0 Å². The number of amides is 1. The zero-order chi connectivity index (χ0) is 18.5. The van der Waals surface area contributed by atoms with E-state index in [0.717, 1.165) is 12.8 Å². The van der Waals surface area contributed by atoms with Gasteiger partial charge in [-0.3, -0.25) is 9.36 Å². The van der Waals surface area contributed by atoms with Crippen LogP contribution in [-0.2, 0) is 16.1 Å². The lowest BCUT2D eigenvalue weighted by Gasteiger charge is -2.16. The number of benzene rings is 1. The van der Waals surface area contributed by atoms with Crippen molar-refractivity contribution in [3.8, 4) is 0 Å². The Hall–Kier alpha value is -2.13. The number of carbonyl (C=O) groups is 1. The summed E-state index contributed by atoms with van der Waals surface area (Å²) in [6, 6.07) is 6.01. The number of thioether (sulfide) groups is 1. The van der Waals surface area contributed by atoms with E-state index in [1.165, 1.54) is 28.5 Å². The maximum Gasteiger partial charge on any atom is 0.343 e. The lowest BCUT2D eigenvalue weighted by molar-refractivity contribution is -0.120. The van der Waals surface area contributed by atoms with E-state index < -0.39 is 5.25 Å². The van der Waals surface area contributed by atoms with E-state index in [-0.39, 0.29) is 23.5 Å². The third kappa shape index (κ3) is 4.73. The standard InChI is InChI=1S/C17H21FN4O3S/c1-25-10-2-9-22-16(24)20-21-17(22)26-14(15(23)19-13-7-8-13)11-3-5-12(18)6-4-11/h3-6,13-14H,2,7-10H2,1H3,(H,19,23)(H,20,24). The Balaban J connectivity index is 1.82. The first-order valence-electron chi connectivity index (χ1n) is 8.45. The van der Waals surface area contributed by atoms with Crippen LogP contribution in [-0.4, -0.2) is 40.4 Å². The maximum atomic E-state index is 13.3. The highest BCUT2D eigenvalue weighted by Gasteiger charge is 2.30. The van der Waals surface area contributed by atoms with Gasteiger partial charge in [-0.15, -0.1) is 5.10 Å². The van der Waals surface area contributed by atoms with E-state index in [0.29, 0.717) is 30.3 Å². The number of hydrogen-bond acceptors (Lipinski definition) is 5. The van der Waals surface area contributed by atoms with Crippen molar-refractivity contribution in [1.29, 1.82) is 0 Å². The topological polar surface area (TPSA) is 89.0 Å². The molecule has 2 aromatic rings. The van der Waals surface area contributed by atoms with Crippen LogP contribution in [0.1, 0.15) is 30.1 Å². The van der Waals surface area contributed by atoms with Crippen LogP contribution in [0.2, 0.25) is 0 Å². The molecule has 9 heteroatoms. The fourth-order valence-corrected chi connectivity index (χ4v) is 3.56. The second-order valence-corrected chi connectivity index (χ2v) is 7.21. The molecule has 1 aromatic carbocycles. The van der Waals surface area contributed by atoms with E-state index >= 15 is 0 Å². The van der Waals surface area contributed by atoms with Gasteiger partial charge in [0.1, 0.15) is 11.1 Å². The monoisotopic (exact) mass is 380 g/mol. The van der Waals surface area contributed by atoms with Crippen LogP contribution in [0, 0.1) is 5.82 Å². The third-order valence-electron chi connectivity index (χ3n) is 4.01. The third-order valence-corrected chi connectivity index (χ3v) is 5.26. The molecule has 1 aliphatic rings. The molecular formula is C17H21FN4O3S. The average Bonchev–Trinajstić information content (AvgIpc) is 3.37. The molecule has 1 unspecified atom stereocenters. The van der Waals surface area contributed by atoms with Crippen molar-refractivity contribution in [2.45, 2.75) is 42.3 Å². The molecule has 1 fully saturated rings. The van der Waals surface area contributed by atoms with E-state index in [4.69, 9.17) is 4.74 Å². The van der Waals surface area contributed by atoms with Crippen molar-refractivity contribution < 1.29 is 13.9 Å². The zero-order valence-electron chi connectivity index (χ0n) is 14.4. The Morgan fingerprint density at radius 3 is 2.85 bits per heavy atom. The van der Waals surface area contributed by atoms with Crippen molar-refractivity contribution in [3.05, 3.63) is 46.1 Å². The number of hydrogen-bond donors (Lipinski definition) is 2. The van der Waals surface area contributed by atoms with Crippen LogP contribution >= 0.6 is 11.8 Å². The predicted octanol–water partition coefficient (Wildman–Crippen LogP) is 1.86. The highest BCUT2D eigenvalue weighted by Crippen LogP contribution is 2.35. The molecule has 0 radical (unpaired) electrons. The summed E-state index contributed by atoms with van der Waals surface area (Å²) < 4.78 is 19.8. The zero-order valence-corrected chi connectivity index (χ0v) is 15.2. The minimum absolute atomic E-state index is 0.164. The number of nitrogens with one attached hydrogen (secondary N) is 2. The molecule has 0 spiro atoms. The number of methoxy groups -OCH3 is 1. The van der Waals surface area contributed by atoms with Gasteiger partial charge in [-0.25, -0.2) is 14.3 Å². The number of rotatable bonds is 9. The molecular weight excluding hydrogens is 359 g/mol. The van der Waals surface area contributed by atoms with Gasteiger partial charge in [0, 0.05) is 26.3 Å². The summed E-state index contributed by atoms with van der Waals surface area (Å²) in [5, 5.41) is 9.25. The fourth-order valence-electron chi connectivity index (χ4n) is 2.48. The van der Waals surface area contributed by atoms with E-state index in [2.05, 4.69) is 15.5 Å². The number of halogens is 1. The predicted molar refractivity (Wildman–Crippen MR) is 95.5 cm³/mol. The van der Waals surface area contributed by atoms with Gasteiger partial charge in [-0.1, -0.05) is 23.9 Å². The van der Waals surface area contributed by atoms with Gasteiger partial charge in [-0.2, -0.15) is 0 Å². The Kier molecular flexibility index (Phi) is 6.10. The first-order valence-corrected chi connectivity index (χ1v) is 9.33. The Bertz CT molecular complexity index is 801. The average molecular weight is 380 g/mol. The molecule has 1 saturated carbocycles. The smallest absolute Gasteiger partial charge is 0.343 e. The first-order chi connectivity index (χ1) is 12.6. The Labute approximate surface area is 154 Å². The molecule has 1 aliphatic carbocycles. The summed E-state index contributed by atoms with van der Waals surface area (Å²) >= 11 is 1.18. The minimum atomic E-state index is -0.618. The highest BCUT2D eigenvalue weighted by molar-refractivity contribution is 8.00. The van der Waals surface area contributed by atoms with Crippen LogP contribution in [0.15, 0.2) is 34.2 Å². The van der Waals surface area contributed by atoms with Gasteiger partial charge in [0.2, 0.25) is 5.91 Å². The summed E-state index contributed by atoms with van der Waals surface area (Å²) in [5.41, 5.74) is 0.331. The largest absolute Gasteiger partial charge is 0.385 e. The van der Waals surface area contributed by atoms with Crippen molar-refractivity contribution in [2.24, 2.45) is 0 Å². The van der Waals surface area contributed by atoms with E-state index in [1.54, 1.807) is 19.2 Å². The first kappa shape index (κ1) is 18.7. The Morgan fingerprint density at radius 1 is 1.46 bits per heavy atom. The SMILES string of the molecule is COCCCn1c(SC(C(=O)NC2CC2)c2ccc(F)cc2)n[nH]c1=O. The molecule has 26 heavy (non-hydrogen) atoms. The molecule has 1 atom stereocenters. The summed E-state index contributed by atoms with van der Waals surface area (Å²) in [7, 11) is 1.60. The van der Waals surface area contributed by atoms with E-state index in [9.17, 15) is 14.0 Å². The normalized spacial score (nSPS) is 15.0. The second-order valence-electron chi connectivity index (χ2n) is 6.14. The lowest BCUT2D eigenvalue weighted by atomic mass is 10.1. The molecule has 1 heterocycles. The number of aromatic amines is 1. The molecule has 140 valence electrons. The molecule has 0 bridgehead atoms. The van der Waals surface area contributed by atoms with Crippen LogP contribution in [0.25, 0.3) is 0 Å². The molecule has 2 N–H and O–H groups in total. The Morgan fingerprint density at radius 2 is 2.19 bits per heavy atom. The van der Waals surface area contributed by atoms with Crippen LogP contribution in [0.3, 0.4) is 0 Å². The van der Waals surface area contributed by atoms with Crippen LogP contribution < -0.4 is 11.0 Å². The fraction of sp³-hybridized carbons (Fsp3) is 0.471. The number of aromatic nitrogens is 3. The van der Waals surface area contributed by atoms with Crippen molar-refractivity contribution in [2.75, 3.05) is 13.7 Å². The van der Waals surface area contributed by atoms with Crippen molar-refractivity contribution >= 4 is 17.7 Å². The molecule has 1 amide bonds. The summed E-state index contributed by atoms with van der Waals surface area (Å²) in [6.45, 7) is 0.956. The lowest BCUT2D eigenvalue weighted by Crippen LogP contribution is -2.30. The second kappa shape index (κ2) is 8.50. The van der Waals surface area contributed by atoms with Crippen molar-refractivity contribution in [3.63, 3.8) is 0 Å². The van der Waals surface area contributed by atoms with Gasteiger partial charge >= 0.3 is 5.69 Å². The highest BCUT2D eigenvalue weighted by atomic mass is 32.2. The summed E-state index contributed by atoms with van der Waals surface area (Å²) in [4.78, 5) is 24.7.